The van der Waals surface area contributed by atoms with Gasteiger partial charge in [0.15, 0.2) is 5.78 Å². The van der Waals surface area contributed by atoms with Gasteiger partial charge in [0.05, 0.1) is 17.5 Å². The van der Waals surface area contributed by atoms with Crippen molar-refractivity contribution in [3.8, 4) is 0 Å². The summed E-state index contributed by atoms with van der Waals surface area (Å²) in [5.74, 6) is -0.336. The van der Waals surface area contributed by atoms with Crippen LogP contribution in [-0.2, 0) is 10.6 Å². The molecule has 0 aliphatic carbocycles. The van der Waals surface area contributed by atoms with Crippen molar-refractivity contribution in [2.45, 2.75) is 17.6 Å². The summed E-state index contributed by atoms with van der Waals surface area (Å²) in [7, 11) is 1.30. The van der Waals surface area contributed by atoms with Crippen LogP contribution in [0.3, 0.4) is 0 Å². The lowest BCUT2D eigenvalue weighted by atomic mass is 10.0. The lowest BCUT2D eigenvalue weighted by Gasteiger charge is -2.07. The van der Waals surface area contributed by atoms with Crippen molar-refractivity contribution >= 4 is 39.3 Å². The van der Waals surface area contributed by atoms with Gasteiger partial charge in [-0.15, -0.1) is 11.6 Å². The average Bonchev–Trinajstić information content (AvgIpc) is 2.35. The van der Waals surface area contributed by atoms with Crippen LogP contribution in [-0.4, -0.2) is 23.7 Å². The molecule has 0 saturated heterocycles. The summed E-state index contributed by atoms with van der Waals surface area (Å²) < 4.78 is 4.63. The Bertz CT molecular complexity index is 443. The molecule has 0 amide bonds. The van der Waals surface area contributed by atoms with E-state index in [1.54, 1.807) is 19.1 Å². The highest BCUT2D eigenvalue weighted by Gasteiger charge is 2.16. The predicted octanol–water partition coefficient (Wildman–Crippen LogP) is 3.18. The maximum absolute atomic E-state index is 11.8. The lowest BCUT2D eigenvalue weighted by molar-refractivity contribution is 0.0600. The highest BCUT2D eigenvalue weighted by Crippen LogP contribution is 2.17. The predicted molar refractivity (Wildman–Crippen MR) is 70.1 cm³/mol. The molecule has 92 valence electrons. The number of hydrogen-bond donors (Lipinski definition) is 0. The van der Waals surface area contributed by atoms with Gasteiger partial charge in [-0.2, -0.15) is 0 Å². The zero-order chi connectivity index (χ0) is 13.0. The van der Waals surface area contributed by atoms with Crippen LogP contribution in [0.1, 0.15) is 33.2 Å². The Hall–Kier alpha value is -0.870. The minimum atomic E-state index is -0.478. The maximum atomic E-state index is 11.8. The molecule has 1 aromatic carbocycles. The number of benzene rings is 1. The number of halogens is 2. The lowest BCUT2D eigenvalue weighted by Crippen LogP contribution is -2.12. The first kappa shape index (κ1) is 14.2. The van der Waals surface area contributed by atoms with Gasteiger partial charge in [-0.1, -0.05) is 15.9 Å². The second-order valence-corrected chi connectivity index (χ2v) is 5.16. The van der Waals surface area contributed by atoms with E-state index in [0.717, 1.165) is 0 Å². The van der Waals surface area contributed by atoms with Gasteiger partial charge in [-0.3, -0.25) is 4.79 Å². The summed E-state index contributed by atoms with van der Waals surface area (Å²) in [6.45, 7) is 1.73. The van der Waals surface area contributed by atoms with E-state index >= 15 is 0 Å². The summed E-state index contributed by atoms with van der Waals surface area (Å²) in [6.07, 6.45) is 0. The number of esters is 1. The molecule has 1 atom stereocenters. The molecule has 5 heteroatoms. The Morgan fingerprint density at radius 2 is 1.94 bits per heavy atom. The van der Waals surface area contributed by atoms with E-state index in [1.807, 2.05) is 0 Å². The van der Waals surface area contributed by atoms with Crippen LogP contribution in [0.25, 0.3) is 0 Å². The van der Waals surface area contributed by atoms with Crippen molar-refractivity contribution in [3.63, 3.8) is 0 Å². The fourth-order valence-electron chi connectivity index (χ4n) is 1.38. The number of alkyl halides is 2. The minimum Gasteiger partial charge on any atom is -0.465 e. The van der Waals surface area contributed by atoms with E-state index in [-0.39, 0.29) is 16.5 Å². The first-order valence-electron chi connectivity index (χ1n) is 4.96. The van der Waals surface area contributed by atoms with Crippen molar-refractivity contribution in [2.24, 2.45) is 0 Å². The Balaban J connectivity index is 3.23. The van der Waals surface area contributed by atoms with E-state index in [2.05, 4.69) is 20.7 Å². The summed E-state index contributed by atoms with van der Waals surface area (Å²) >= 11 is 8.93. The van der Waals surface area contributed by atoms with Gasteiger partial charge in [0, 0.05) is 11.4 Å². The minimum absolute atomic E-state index is 0.0953. The molecule has 0 saturated carbocycles. The third kappa shape index (κ3) is 3.54. The van der Waals surface area contributed by atoms with Crippen LogP contribution < -0.4 is 0 Å². The molecule has 1 rings (SSSR count). The highest BCUT2D eigenvalue weighted by molar-refractivity contribution is 9.10. The topological polar surface area (TPSA) is 43.4 Å². The molecule has 0 N–H and O–H groups in total. The Morgan fingerprint density at radius 3 is 2.41 bits per heavy atom. The number of hydrogen-bond acceptors (Lipinski definition) is 3. The fraction of sp³-hybridized carbons (Fsp3) is 0.333. The van der Waals surface area contributed by atoms with Crippen LogP contribution in [0.4, 0.5) is 0 Å². The quantitative estimate of drug-likeness (QED) is 0.486. The summed E-state index contributed by atoms with van der Waals surface area (Å²) in [6, 6.07) is 4.82. The molecule has 0 aliphatic heterocycles. The number of Topliss-reactive ketones (excluding diaryl/α,β-unsaturated/α-hetero) is 1. The molecule has 0 bridgehead atoms. The Kier molecular flexibility index (Phi) is 5.15. The number of ketones is 1. The van der Waals surface area contributed by atoms with E-state index in [4.69, 9.17) is 11.6 Å². The first-order valence-corrected chi connectivity index (χ1v) is 6.41. The molecule has 0 aliphatic rings. The molecule has 1 unspecified atom stereocenters. The second kappa shape index (κ2) is 6.17. The summed E-state index contributed by atoms with van der Waals surface area (Å²) in [4.78, 5) is 23.0. The van der Waals surface area contributed by atoms with Crippen LogP contribution in [0.2, 0.25) is 0 Å². The third-order valence-electron chi connectivity index (χ3n) is 2.21. The molecule has 0 aromatic heterocycles. The smallest absolute Gasteiger partial charge is 0.337 e. The third-order valence-corrected chi connectivity index (χ3v) is 2.94. The van der Waals surface area contributed by atoms with Crippen molar-refractivity contribution < 1.29 is 14.3 Å². The van der Waals surface area contributed by atoms with Gasteiger partial charge in [0.25, 0.3) is 0 Å². The van der Waals surface area contributed by atoms with E-state index in [9.17, 15) is 9.59 Å². The van der Waals surface area contributed by atoms with Crippen LogP contribution in [0.15, 0.2) is 18.2 Å². The molecule has 0 radical (unpaired) electrons. The molecular formula is C12H12BrClO3. The fourth-order valence-corrected chi connectivity index (χ4v) is 1.80. The SMILES string of the molecule is COC(=O)c1cc(CCl)cc(C(=O)C(C)Br)c1. The number of ether oxygens (including phenoxy) is 1. The van der Waals surface area contributed by atoms with Crippen LogP contribution >= 0.6 is 27.5 Å². The standard InChI is InChI=1S/C12H12BrClO3/c1-7(13)11(15)9-3-8(6-14)4-10(5-9)12(16)17-2/h3-5,7H,6H2,1-2H3. The van der Waals surface area contributed by atoms with Crippen molar-refractivity contribution in [1.29, 1.82) is 0 Å². The zero-order valence-corrected chi connectivity index (χ0v) is 11.8. The number of carbonyl (C=O) groups excluding carboxylic acids is 2. The van der Waals surface area contributed by atoms with Crippen molar-refractivity contribution in [1.82, 2.24) is 0 Å². The van der Waals surface area contributed by atoms with Gasteiger partial charge >= 0.3 is 5.97 Å². The van der Waals surface area contributed by atoms with Gasteiger partial charge < -0.3 is 4.74 Å². The molecule has 17 heavy (non-hydrogen) atoms. The zero-order valence-electron chi connectivity index (χ0n) is 9.50. The van der Waals surface area contributed by atoms with Gasteiger partial charge in [-0.05, 0) is 30.7 Å². The van der Waals surface area contributed by atoms with Crippen molar-refractivity contribution in [3.05, 3.63) is 34.9 Å². The summed E-state index contributed by atoms with van der Waals surface area (Å²) in [5.41, 5.74) is 1.50. The molecular weight excluding hydrogens is 307 g/mol. The number of carbonyl (C=O) groups is 2. The van der Waals surface area contributed by atoms with Crippen LogP contribution in [0.5, 0.6) is 0 Å². The molecule has 3 nitrogen and oxygen atoms in total. The number of methoxy groups -OCH3 is 1. The first-order chi connectivity index (χ1) is 7.99. The van der Waals surface area contributed by atoms with Gasteiger partial charge in [0.1, 0.15) is 0 Å². The molecule has 1 aromatic rings. The summed E-state index contributed by atoms with van der Waals surface area (Å²) in [5, 5.41) is 0. The molecule has 0 spiro atoms. The normalized spacial score (nSPS) is 12.0. The monoisotopic (exact) mass is 318 g/mol. The average molecular weight is 320 g/mol. The highest BCUT2D eigenvalue weighted by atomic mass is 79.9. The number of rotatable bonds is 4. The largest absolute Gasteiger partial charge is 0.465 e. The van der Waals surface area contributed by atoms with E-state index < -0.39 is 5.97 Å². The van der Waals surface area contributed by atoms with Gasteiger partial charge in [-0.25, -0.2) is 4.79 Å². The Labute approximate surface area is 113 Å². The maximum Gasteiger partial charge on any atom is 0.337 e. The van der Waals surface area contributed by atoms with E-state index in [1.165, 1.54) is 13.2 Å². The van der Waals surface area contributed by atoms with Gasteiger partial charge in [0.2, 0.25) is 0 Å². The van der Waals surface area contributed by atoms with Crippen LogP contribution in [0, 0.1) is 0 Å². The Morgan fingerprint density at radius 1 is 1.35 bits per heavy atom. The van der Waals surface area contributed by atoms with Crippen molar-refractivity contribution in [2.75, 3.05) is 7.11 Å². The van der Waals surface area contributed by atoms with E-state index in [0.29, 0.717) is 16.7 Å². The molecule has 0 heterocycles. The molecule has 0 fully saturated rings. The second-order valence-electron chi connectivity index (χ2n) is 3.52.